The van der Waals surface area contributed by atoms with Crippen molar-refractivity contribution in [1.29, 1.82) is 0 Å². The largest absolute Gasteiger partial charge is 0.477 e. The van der Waals surface area contributed by atoms with Gasteiger partial charge >= 0.3 is 5.97 Å². The smallest absolute Gasteiger partial charge is 0.364 e. The van der Waals surface area contributed by atoms with Crippen LogP contribution in [0.4, 0.5) is 0 Å². The number of hydrogen-bond acceptors (Lipinski definition) is 20. The maximum atomic E-state index is 13.0. The highest BCUT2D eigenvalue weighted by molar-refractivity contribution is 7.99. The molecule has 4 amide bonds. The average Bonchev–Trinajstić information content (AvgIpc) is 0.969. The van der Waals surface area contributed by atoms with E-state index in [9.17, 15) is 74.1 Å². The van der Waals surface area contributed by atoms with Gasteiger partial charge in [0.1, 0.15) is 36.0 Å². The Labute approximate surface area is 519 Å². The van der Waals surface area contributed by atoms with Gasteiger partial charge in [-0.1, -0.05) is 84.9 Å². The van der Waals surface area contributed by atoms with E-state index < -0.39 is 128 Å². The van der Waals surface area contributed by atoms with Gasteiger partial charge in [-0.15, -0.1) is 0 Å². The number of aliphatic hydroxyl groups excluding tert-OH is 6. The minimum absolute atomic E-state index is 0.0151. The summed E-state index contributed by atoms with van der Waals surface area (Å²) in [5.74, 6) is -6.66. The van der Waals surface area contributed by atoms with Crippen molar-refractivity contribution in [1.82, 2.24) is 21.3 Å². The predicted molar refractivity (Wildman–Crippen MR) is 327 cm³/mol. The highest BCUT2D eigenvalue weighted by atomic mass is 32.2. The molecule has 25 heteroatoms. The monoisotopic (exact) mass is 1260 g/mol. The van der Waals surface area contributed by atoms with E-state index in [2.05, 4.69) is 21.3 Å². The number of rotatable bonds is 36. The van der Waals surface area contributed by atoms with Gasteiger partial charge in [0, 0.05) is 63.7 Å². The summed E-state index contributed by atoms with van der Waals surface area (Å²) in [6.45, 7) is 1.22. The van der Waals surface area contributed by atoms with E-state index in [4.69, 9.17) is 18.9 Å². The molecule has 4 aromatic rings. The van der Waals surface area contributed by atoms with Crippen LogP contribution in [-0.2, 0) is 47.7 Å². The van der Waals surface area contributed by atoms with Crippen molar-refractivity contribution >= 4 is 71.0 Å². The van der Waals surface area contributed by atoms with Gasteiger partial charge in [-0.25, -0.2) is 4.79 Å². The van der Waals surface area contributed by atoms with Crippen LogP contribution in [0.1, 0.15) is 92.4 Å². The van der Waals surface area contributed by atoms with Crippen LogP contribution in [0, 0.1) is 0 Å². The lowest BCUT2D eigenvalue weighted by Gasteiger charge is -2.46. The third-order valence-electron chi connectivity index (χ3n) is 14.8. The van der Waals surface area contributed by atoms with Gasteiger partial charge in [0.2, 0.25) is 17.6 Å². The molecule has 2 aliphatic rings. The van der Waals surface area contributed by atoms with Crippen LogP contribution in [-0.4, -0.2) is 205 Å². The molecule has 0 saturated carbocycles. The van der Waals surface area contributed by atoms with Crippen molar-refractivity contribution in [3.8, 4) is 22.3 Å². The number of ketones is 2. The first kappa shape index (κ1) is 70.6. The zero-order chi connectivity index (χ0) is 63.8. The highest BCUT2D eigenvalue weighted by Crippen LogP contribution is 2.35. The number of ether oxygens (including phenoxy) is 4. The minimum Gasteiger partial charge on any atom is -0.477 e. The molecule has 0 aliphatic carbocycles. The fourth-order valence-electron chi connectivity index (χ4n) is 10.2. The summed E-state index contributed by atoms with van der Waals surface area (Å²) in [7, 11) is 0. The number of aliphatic carboxylic acids is 1. The number of amides is 4. The number of carboxylic acid groups (broad SMARTS) is 1. The second kappa shape index (κ2) is 35.1. The molecule has 88 heavy (non-hydrogen) atoms. The molecule has 2 heterocycles. The molecular weight excluding hydrogens is 1180 g/mol. The zero-order valence-electron chi connectivity index (χ0n) is 49.1. The van der Waals surface area contributed by atoms with Gasteiger partial charge in [-0.05, 0) is 95.2 Å². The summed E-state index contributed by atoms with van der Waals surface area (Å²) in [5.41, 5.74) is 4.25. The summed E-state index contributed by atoms with van der Waals surface area (Å²) in [4.78, 5) is 101. The van der Waals surface area contributed by atoms with Crippen LogP contribution in [0.2, 0.25) is 0 Å². The van der Waals surface area contributed by atoms with E-state index in [0.717, 1.165) is 29.2 Å². The second-order valence-corrected chi connectivity index (χ2v) is 24.1. The Bertz CT molecular complexity index is 2910. The van der Waals surface area contributed by atoms with Crippen molar-refractivity contribution in [2.75, 3.05) is 49.3 Å². The quantitative estimate of drug-likeness (QED) is 0.0177. The normalized spacial score (nSPS) is 23.1. The molecule has 2 aliphatic heterocycles. The lowest BCUT2D eigenvalue weighted by atomic mass is 9.88. The number of thioether (sulfide) groups is 2. The Morgan fingerprint density at radius 3 is 1.39 bits per heavy atom. The number of Topliss-reactive ketones (excluding diaryl/α,β-unsaturated/α-hetero) is 2. The molecule has 2 fully saturated rings. The van der Waals surface area contributed by atoms with Crippen molar-refractivity contribution in [2.45, 2.75) is 144 Å². The SMILES string of the molecule is CC(=O)N[C@H]1[C@H]([C@H](O)[C@H](O)CNC(=O)c2ccc(-c3ccccc3)cc2)O[C@](C=O)(OCCCSCCCC(=O)CC(=O)CCCSCCCO[C@]2(C(=O)O)C[C@H](O)[C@@H](NC(C)=O)[C@H]([C@H](O)[C@H](O)CNC(=O)c3ccc(-c4ccccc4)cc3)O2)C[C@@H]1O. The number of aliphatic hydroxyl groups is 6. The molecule has 0 aromatic heterocycles. The number of aldehydes is 1. The van der Waals surface area contributed by atoms with E-state index in [1.54, 1.807) is 48.5 Å². The predicted octanol–water partition coefficient (Wildman–Crippen LogP) is 2.98. The third kappa shape index (κ3) is 21.1. The lowest BCUT2D eigenvalue weighted by Crippen LogP contribution is -2.68. The number of hydrogen-bond donors (Lipinski definition) is 11. The van der Waals surface area contributed by atoms with Crippen molar-refractivity contribution in [3.63, 3.8) is 0 Å². The first-order chi connectivity index (χ1) is 42.1. The maximum Gasteiger partial charge on any atom is 0.364 e. The van der Waals surface area contributed by atoms with Crippen LogP contribution < -0.4 is 21.3 Å². The summed E-state index contributed by atoms with van der Waals surface area (Å²) in [6, 6.07) is 30.0. The van der Waals surface area contributed by atoms with Gasteiger partial charge in [-0.3, -0.25) is 33.6 Å². The van der Waals surface area contributed by atoms with Crippen LogP contribution in [0.5, 0.6) is 0 Å². The van der Waals surface area contributed by atoms with Gasteiger partial charge < -0.3 is 76.0 Å². The molecule has 4 aromatic carbocycles. The molecule has 0 radical (unpaired) electrons. The maximum absolute atomic E-state index is 13.0. The summed E-state index contributed by atoms with van der Waals surface area (Å²) >= 11 is 2.98. The average molecular weight is 1260 g/mol. The topological polar surface area (TPSA) is 363 Å². The van der Waals surface area contributed by atoms with E-state index in [1.165, 1.54) is 30.4 Å². The zero-order valence-corrected chi connectivity index (χ0v) is 50.7. The van der Waals surface area contributed by atoms with Gasteiger partial charge in [0.15, 0.2) is 6.29 Å². The number of benzene rings is 4. The minimum atomic E-state index is -2.48. The molecular formula is C63H80N4O19S2. The molecule has 2 saturated heterocycles. The lowest BCUT2D eigenvalue weighted by molar-refractivity contribution is -0.310. The Morgan fingerprint density at radius 2 is 0.966 bits per heavy atom. The van der Waals surface area contributed by atoms with Crippen LogP contribution in [0.3, 0.4) is 0 Å². The number of carbonyl (C=O) groups excluding carboxylic acids is 7. The van der Waals surface area contributed by atoms with Crippen LogP contribution in [0.25, 0.3) is 22.3 Å². The fraction of sp³-hybridized carbons (Fsp3) is 0.492. The van der Waals surface area contributed by atoms with Crippen molar-refractivity contribution in [2.24, 2.45) is 0 Å². The number of nitrogens with one attached hydrogen (secondary N) is 4. The van der Waals surface area contributed by atoms with Crippen LogP contribution >= 0.6 is 23.5 Å². The van der Waals surface area contributed by atoms with E-state index in [1.807, 2.05) is 60.7 Å². The first-order valence-corrected chi connectivity index (χ1v) is 31.5. The Balaban J connectivity index is 0.838. The standard InChI is InChI=1S/C63H80N4O19S2/c1-39(69)66-53-49(73)34-62(38-68,85-57(53)55(77)51(75)36-64-59(79)45-23-19-43(20-24-45)41-13-5-3-6-14-41)83-27-11-31-87-29-9-17-47(71)33-48(72)18-10-30-88-32-12-28-84-63(61(81)82)35-50(74)54(67-40(2)70)58(86-63)56(78)52(76)37-65-60(80)46-25-21-44(22-26-46)42-15-7-4-8-16-42/h3-8,13-16,19-26,38,49-58,73-78H,9-12,17-18,27-37H2,1-2H3,(H,64,79)(H,65,80)(H,66,69)(H,67,70)(H,81,82)/t49-,50-,51+,52+,53+,54+,55+,56+,57+,58+,62+,63+/m0/s1. The number of carboxylic acids is 1. The molecule has 11 N–H and O–H groups in total. The number of carbonyl (C=O) groups is 8. The van der Waals surface area contributed by atoms with E-state index in [-0.39, 0.29) is 49.6 Å². The van der Waals surface area contributed by atoms with Gasteiger partial charge in [-0.2, -0.15) is 23.5 Å². The molecule has 0 spiro atoms. The molecule has 478 valence electrons. The highest BCUT2D eigenvalue weighted by Gasteiger charge is 2.56. The van der Waals surface area contributed by atoms with Crippen molar-refractivity contribution in [3.05, 3.63) is 120 Å². The first-order valence-electron chi connectivity index (χ1n) is 29.2. The molecule has 6 rings (SSSR count). The second-order valence-electron chi connectivity index (χ2n) is 21.7. The summed E-state index contributed by atoms with van der Waals surface area (Å²) < 4.78 is 23.4. The van der Waals surface area contributed by atoms with E-state index >= 15 is 0 Å². The van der Waals surface area contributed by atoms with Crippen molar-refractivity contribution < 1.29 is 93.0 Å². The third-order valence-corrected chi connectivity index (χ3v) is 17.1. The molecule has 0 unspecified atom stereocenters. The fourth-order valence-corrected chi connectivity index (χ4v) is 11.9. The van der Waals surface area contributed by atoms with E-state index in [0.29, 0.717) is 60.5 Å². The molecule has 0 bridgehead atoms. The Morgan fingerprint density at radius 1 is 0.568 bits per heavy atom. The van der Waals surface area contributed by atoms with Gasteiger partial charge in [0.25, 0.3) is 17.6 Å². The molecule has 12 atom stereocenters. The van der Waals surface area contributed by atoms with Gasteiger partial charge in [0.05, 0.1) is 56.1 Å². The Hall–Kier alpha value is -6.46. The Kier molecular flexibility index (Phi) is 28.1. The van der Waals surface area contributed by atoms with Crippen LogP contribution in [0.15, 0.2) is 109 Å². The summed E-state index contributed by atoms with van der Waals surface area (Å²) in [5, 5.41) is 87.2. The summed E-state index contributed by atoms with van der Waals surface area (Å²) in [6.07, 6.45) is -12.2. The molecule has 23 nitrogen and oxygen atoms in total.